The quantitative estimate of drug-likeness (QED) is 0.620. The lowest BCUT2D eigenvalue weighted by molar-refractivity contribution is -0.687. The number of nitrogens with two attached hydrogens (primary N) is 1. The molecule has 1 aliphatic rings. The van der Waals surface area contributed by atoms with E-state index in [1.807, 2.05) is 23.9 Å². The van der Waals surface area contributed by atoms with E-state index in [9.17, 15) is 0 Å². The van der Waals surface area contributed by atoms with Crippen LogP contribution in [0.25, 0.3) is 0 Å². The predicted molar refractivity (Wildman–Crippen MR) is 75.8 cm³/mol. The van der Waals surface area contributed by atoms with Crippen LogP contribution in [0.3, 0.4) is 0 Å². The van der Waals surface area contributed by atoms with E-state index >= 15 is 0 Å². The first kappa shape index (κ1) is 13.3. The van der Waals surface area contributed by atoms with Crippen LogP contribution < -0.4 is 5.32 Å². The molecule has 2 rings (SSSR count). The average Bonchev–Trinajstić information content (AvgIpc) is 2.84. The summed E-state index contributed by atoms with van der Waals surface area (Å²) in [5, 5.41) is 3.37. The van der Waals surface area contributed by atoms with Crippen molar-refractivity contribution in [2.75, 3.05) is 12.3 Å². The molecule has 0 aliphatic heterocycles. The number of benzene rings is 1. The molecule has 1 fully saturated rings. The third-order valence-corrected chi connectivity index (χ3v) is 4.68. The minimum absolute atomic E-state index is 0.823. The molecule has 1 aliphatic carbocycles. The van der Waals surface area contributed by atoms with Crippen molar-refractivity contribution in [3.05, 3.63) is 29.3 Å². The molecule has 17 heavy (non-hydrogen) atoms. The molecule has 0 aromatic heterocycles. The Labute approximate surface area is 113 Å². The molecule has 2 N–H and O–H groups in total. The van der Waals surface area contributed by atoms with Crippen LogP contribution in [0.5, 0.6) is 0 Å². The van der Waals surface area contributed by atoms with E-state index in [1.54, 1.807) is 0 Å². The molecule has 1 nitrogen and oxygen atoms in total. The molecule has 94 valence electrons. The summed E-state index contributed by atoms with van der Waals surface area (Å²) in [6, 6.07) is 9.07. The molecule has 1 saturated carbocycles. The summed E-state index contributed by atoms with van der Waals surface area (Å²) in [6.45, 7) is 1.28. The lowest BCUT2D eigenvalue weighted by Crippen LogP contribution is -2.89. The van der Waals surface area contributed by atoms with Gasteiger partial charge in [0.25, 0.3) is 0 Å². The predicted octanol–water partition coefficient (Wildman–Crippen LogP) is 3.33. The minimum atomic E-state index is 0.823. The van der Waals surface area contributed by atoms with Crippen molar-refractivity contribution < 1.29 is 5.32 Å². The van der Waals surface area contributed by atoms with Crippen molar-refractivity contribution in [1.82, 2.24) is 0 Å². The highest BCUT2D eigenvalue weighted by Gasteiger charge is 2.16. The average molecular weight is 271 g/mol. The second-order valence-corrected chi connectivity index (χ2v) is 6.33. The monoisotopic (exact) mass is 270 g/mol. The van der Waals surface area contributed by atoms with Gasteiger partial charge in [0.15, 0.2) is 0 Å². The molecule has 0 spiro atoms. The van der Waals surface area contributed by atoms with Gasteiger partial charge in [0, 0.05) is 22.1 Å². The first-order valence-electron chi connectivity index (χ1n) is 6.56. The first-order valence-corrected chi connectivity index (χ1v) is 7.92. The van der Waals surface area contributed by atoms with Gasteiger partial charge in [0.05, 0.1) is 12.6 Å². The van der Waals surface area contributed by atoms with Gasteiger partial charge < -0.3 is 5.32 Å². The Morgan fingerprint density at radius 2 is 1.88 bits per heavy atom. The lowest BCUT2D eigenvalue weighted by Gasteiger charge is -2.07. The van der Waals surface area contributed by atoms with Crippen LogP contribution in [0.15, 0.2) is 29.2 Å². The number of thioether (sulfide) groups is 1. The molecule has 0 atom stereocenters. The molecule has 3 heteroatoms. The van der Waals surface area contributed by atoms with Gasteiger partial charge in [-0.05, 0) is 49.9 Å². The van der Waals surface area contributed by atoms with Crippen LogP contribution in [0.2, 0.25) is 5.02 Å². The fourth-order valence-corrected chi connectivity index (χ4v) is 3.35. The van der Waals surface area contributed by atoms with Gasteiger partial charge in [-0.3, -0.25) is 0 Å². The lowest BCUT2D eigenvalue weighted by atomic mass is 10.2. The van der Waals surface area contributed by atoms with E-state index in [1.165, 1.54) is 49.3 Å². The third kappa shape index (κ3) is 4.90. The van der Waals surface area contributed by atoms with E-state index in [0.29, 0.717) is 0 Å². The van der Waals surface area contributed by atoms with Crippen molar-refractivity contribution >= 4 is 23.4 Å². The number of rotatable bonds is 6. The summed E-state index contributed by atoms with van der Waals surface area (Å²) in [7, 11) is 0. The van der Waals surface area contributed by atoms with Gasteiger partial charge in [-0.2, -0.15) is 0 Å². The Balaban J connectivity index is 1.55. The van der Waals surface area contributed by atoms with Crippen LogP contribution in [0.1, 0.15) is 32.1 Å². The highest BCUT2D eigenvalue weighted by Crippen LogP contribution is 2.20. The van der Waals surface area contributed by atoms with Crippen LogP contribution >= 0.6 is 23.4 Å². The normalized spacial score (nSPS) is 16.5. The summed E-state index contributed by atoms with van der Waals surface area (Å²) >= 11 is 7.79. The van der Waals surface area contributed by atoms with E-state index in [0.717, 1.165) is 11.1 Å². The highest BCUT2D eigenvalue weighted by molar-refractivity contribution is 7.99. The molecule has 0 saturated heterocycles. The van der Waals surface area contributed by atoms with Crippen molar-refractivity contribution in [1.29, 1.82) is 0 Å². The Morgan fingerprint density at radius 1 is 1.18 bits per heavy atom. The van der Waals surface area contributed by atoms with Crippen molar-refractivity contribution in [2.24, 2.45) is 0 Å². The molecule has 0 amide bonds. The second-order valence-electron chi connectivity index (χ2n) is 4.72. The molecular formula is C14H21ClNS+. The summed E-state index contributed by atoms with van der Waals surface area (Å²) in [6.07, 6.45) is 7.06. The smallest absolute Gasteiger partial charge is 0.0859 e. The Kier molecular flexibility index (Phi) is 5.69. The fraction of sp³-hybridized carbons (Fsp3) is 0.571. The summed E-state index contributed by atoms with van der Waals surface area (Å²) in [5.41, 5.74) is 0. The molecule has 0 unspecified atom stereocenters. The number of hydrogen-bond acceptors (Lipinski definition) is 1. The van der Waals surface area contributed by atoms with E-state index < -0.39 is 0 Å². The maximum absolute atomic E-state index is 5.85. The maximum atomic E-state index is 5.85. The van der Waals surface area contributed by atoms with Crippen molar-refractivity contribution in [3.8, 4) is 0 Å². The molecule has 0 heterocycles. The van der Waals surface area contributed by atoms with E-state index in [4.69, 9.17) is 11.6 Å². The maximum Gasteiger partial charge on any atom is 0.0859 e. The zero-order chi connectivity index (χ0) is 11.9. The molecule has 1 aromatic rings. The summed E-state index contributed by atoms with van der Waals surface area (Å²) in [5.74, 6) is 1.21. The standard InChI is InChI=1S/C14H20ClNS/c15-12-6-8-14(9-7-12)17-11-3-10-16-13-4-1-2-5-13/h6-9,13,16H,1-5,10-11H2/p+1. The van der Waals surface area contributed by atoms with Crippen molar-refractivity contribution in [2.45, 2.75) is 43.0 Å². The van der Waals surface area contributed by atoms with Gasteiger partial charge in [-0.25, -0.2) is 0 Å². The van der Waals surface area contributed by atoms with Gasteiger partial charge in [0.2, 0.25) is 0 Å². The van der Waals surface area contributed by atoms with Gasteiger partial charge in [-0.15, -0.1) is 11.8 Å². The Bertz CT molecular complexity index is 319. The van der Waals surface area contributed by atoms with Gasteiger partial charge in [0.1, 0.15) is 0 Å². The molecule has 0 bridgehead atoms. The summed E-state index contributed by atoms with van der Waals surface area (Å²) < 4.78 is 0. The van der Waals surface area contributed by atoms with E-state index in [2.05, 4.69) is 17.4 Å². The molecule has 0 radical (unpaired) electrons. The number of halogens is 1. The van der Waals surface area contributed by atoms with Gasteiger partial charge >= 0.3 is 0 Å². The summed E-state index contributed by atoms with van der Waals surface area (Å²) in [4.78, 5) is 1.33. The Hall–Kier alpha value is -0.180. The van der Waals surface area contributed by atoms with E-state index in [-0.39, 0.29) is 0 Å². The Morgan fingerprint density at radius 3 is 2.59 bits per heavy atom. The van der Waals surface area contributed by atoms with Crippen LogP contribution in [0, 0.1) is 0 Å². The topological polar surface area (TPSA) is 16.6 Å². The fourth-order valence-electron chi connectivity index (χ4n) is 2.35. The van der Waals surface area contributed by atoms with Crippen molar-refractivity contribution in [3.63, 3.8) is 0 Å². The number of quaternary nitrogens is 1. The van der Waals surface area contributed by atoms with Crippen LogP contribution in [-0.4, -0.2) is 18.3 Å². The zero-order valence-electron chi connectivity index (χ0n) is 10.2. The van der Waals surface area contributed by atoms with Gasteiger partial charge in [-0.1, -0.05) is 11.6 Å². The second kappa shape index (κ2) is 7.30. The zero-order valence-corrected chi connectivity index (χ0v) is 11.8. The van der Waals surface area contributed by atoms with Crippen LogP contribution in [0.4, 0.5) is 0 Å². The highest BCUT2D eigenvalue weighted by atomic mass is 35.5. The minimum Gasteiger partial charge on any atom is -0.344 e. The largest absolute Gasteiger partial charge is 0.344 e. The molecular weight excluding hydrogens is 250 g/mol. The SMILES string of the molecule is Clc1ccc(SCCC[NH2+]C2CCCC2)cc1. The third-order valence-electron chi connectivity index (χ3n) is 3.33. The first-order chi connectivity index (χ1) is 8.34. The van der Waals surface area contributed by atoms with Crippen LogP contribution in [-0.2, 0) is 0 Å². The molecule has 1 aromatic carbocycles. The number of hydrogen-bond donors (Lipinski definition) is 1.